The van der Waals surface area contributed by atoms with Crippen LogP contribution in [0.25, 0.3) is 0 Å². The predicted octanol–water partition coefficient (Wildman–Crippen LogP) is 3.33. The molecule has 2 saturated heterocycles. The standard InChI is InChI=1S/C32H39N5O5/c1-19(2)36(18-21-10-12-35(13-11-21)28-8-4-20(3)17-33-28)22-14-24(15-22)42-23-5-6-25-26(16-23)32(41)37(31(25)40)27-7-9-29(38)34-30(27)39/h4-6,8,16-17,19,21-22,24,27H,7,9-15,18H2,1-3H3,(H,34,38,39). The van der Waals surface area contributed by atoms with Gasteiger partial charge in [0.25, 0.3) is 11.8 Å². The first-order valence-corrected chi connectivity index (χ1v) is 15.1. The van der Waals surface area contributed by atoms with Crippen LogP contribution in [0.2, 0.25) is 0 Å². The predicted molar refractivity (Wildman–Crippen MR) is 156 cm³/mol. The topological polar surface area (TPSA) is 112 Å². The first-order valence-electron chi connectivity index (χ1n) is 15.1. The van der Waals surface area contributed by atoms with Gasteiger partial charge in [-0.15, -0.1) is 0 Å². The molecule has 0 spiro atoms. The zero-order chi connectivity index (χ0) is 29.5. The minimum Gasteiger partial charge on any atom is -0.490 e. The number of hydrogen-bond donors (Lipinski definition) is 1. The summed E-state index contributed by atoms with van der Waals surface area (Å²) < 4.78 is 6.25. The first-order chi connectivity index (χ1) is 20.2. The van der Waals surface area contributed by atoms with E-state index >= 15 is 0 Å². The lowest BCUT2D eigenvalue weighted by atomic mass is 9.85. The van der Waals surface area contributed by atoms with Crippen LogP contribution in [0.15, 0.2) is 36.5 Å². The van der Waals surface area contributed by atoms with Gasteiger partial charge in [-0.1, -0.05) is 6.07 Å². The Kier molecular flexibility index (Phi) is 7.74. The van der Waals surface area contributed by atoms with Crippen molar-refractivity contribution in [2.24, 2.45) is 5.92 Å². The molecule has 222 valence electrons. The lowest BCUT2D eigenvalue weighted by molar-refractivity contribution is -0.136. The van der Waals surface area contributed by atoms with Crippen LogP contribution in [-0.4, -0.2) is 82.3 Å². The molecule has 4 aliphatic rings. The van der Waals surface area contributed by atoms with Crippen molar-refractivity contribution in [3.8, 4) is 5.75 Å². The van der Waals surface area contributed by atoms with Crippen molar-refractivity contribution in [1.29, 1.82) is 0 Å². The number of imide groups is 2. The SMILES string of the molecule is Cc1ccc(N2CCC(CN(C(C)C)C3CC(Oc4ccc5c(c4)C(=O)N(C4CCC(=O)NC4=O)C5=O)C3)CC2)nc1. The third-order valence-electron chi connectivity index (χ3n) is 9.22. The molecule has 1 aromatic carbocycles. The molecule has 42 heavy (non-hydrogen) atoms. The third kappa shape index (κ3) is 5.52. The number of hydrogen-bond acceptors (Lipinski definition) is 8. The molecule has 1 saturated carbocycles. The van der Waals surface area contributed by atoms with E-state index in [4.69, 9.17) is 4.74 Å². The summed E-state index contributed by atoms with van der Waals surface area (Å²) in [5.74, 6) is 0.254. The maximum absolute atomic E-state index is 13.1. The van der Waals surface area contributed by atoms with E-state index in [2.05, 4.69) is 53.0 Å². The summed E-state index contributed by atoms with van der Waals surface area (Å²) in [4.78, 5) is 60.6. The van der Waals surface area contributed by atoms with Crippen molar-refractivity contribution in [3.05, 3.63) is 53.2 Å². The number of anilines is 1. The Hall–Kier alpha value is -3.79. The normalized spacial score (nSPS) is 24.7. The molecule has 2 aromatic rings. The zero-order valence-electron chi connectivity index (χ0n) is 24.5. The van der Waals surface area contributed by atoms with Crippen molar-refractivity contribution in [3.63, 3.8) is 0 Å². The van der Waals surface area contributed by atoms with Gasteiger partial charge in [-0.25, -0.2) is 4.98 Å². The number of carbonyl (C=O) groups is 4. The molecule has 6 rings (SSSR count). The number of amides is 4. The average molecular weight is 574 g/mol. The molecule has 1 unspecified atom stereocenters. The van der Waals surface area contributed by atoms with Gasteiger partial charge in [0.2, 0.25) is 11.8 Å². The zero-order valence-corrected chi connectivity index (χ0v) is 24.5. The van der Waals surface area contributed by atoms with Crippen molar-refractivity contribution in [2.45, 2.75) is 83.5 Å². The molecule has 10 nitrogen and oxygen atoms in total. The summed E-state index contributed by atoms with van der Waals surface area (Å²) in [6.45, 7) is 9.73. The van der Waals surface area contributed by atoms with Gasteiger partial charge in [0.1, 0.15) is 23.7 Å². The summed E-state index contributed by atoms with van der Waals surface area (Å²) in [7, 11) is 0. The smallest absolute Gasteiger partial charge is 0.262 e. The molecule has 4 heterocycles. The molecule has 4 amide bonds. The Morgan fingerprint density at radius 3 is 2.40 bits per heavy atom. The largest absolute Gasteiger partial charge is 0.490 e. The summed E-state index contributed by atoms with van der Waals surface area (Å²) in [5.41, 5.74) is 1.69. The van der Waals surface area contributed by atoms with Gasteiger partial charge in [0.05, 0.1) is 11.1 Å². The lowest BCUT2D eigenvalue weighted by Crippen LogP contribution is -2.54. The summed E-state index contributed by atoms with van der Waals surface area (Å²) in [5, 5.41) is 2.23. The van der Waals surface area contributed by atoms with Crippen molar-refractivity contribution in [2.75, 3.05) is 24.5 Å². The summed E-state index contributed by atoms with van der Waals surface area (Å²) in [6.07, 6.45) is 6.35. The number of aromatic nitrogens is 1. The van der Waals surface area contributed by atoms with Crippen molar-refractivity contribution < 1.29 is 23.9 Å². The number of carbonyl (C=O) groups excluding carboxylic acids is 4. The van der Waals surface area contributed by atoms with E-state index in [1.165, 1.54) is 5.56 Å². The molecule has 1 N–H and O–H groups in total. The van der Waals surface area contributed by atoms with Gasteiger partial charge in [-0.05, 0) is 75.8 Å². The maximum atomic E-state index is 13.1. The highest BCUT2D eigenvalue weighted by molar-refractivity contribution is 6.23. The van der Waals surface area contributed by atoms with E-state index in [-0.39, 0.29) is 36.0 Å². The lowest BCUT2D eigenvalue weighted by Gasteiger charge is -2.46. The van der Waals surface area contributed by atoms with Crippen LogP contribution in [0.4, 0.5) is 5.82 Å². The quantitative estimate of drug-likeness (QED) is 0.479. The van der Waals surface area contributed by atoms with Crippen LogP contribution < -0.4 is 15.0 Å². The minimum atomic E-state index is -0.972. The first kappa shape index (κ1) is 28.3. The second-order valence-electron chi connectivity index (χ2n) is 12.4. The summed E-state index contributed by atoms with van der Waals surface area (Å²) >= 11 is 0. The fourth-order valence-corrected chi connectivity index (χ4v) is 6.69. The number of nitrogens with one attached hydrogen (secondary N) is 1. The fourth-order valence-electron chi connectivity index (χ4n) is 6.69. The second kappa shape index (κ2) is 11.5. The van der Waals surface area contributed by atoms with E-state index in [1.807, 2.05) is 6.20 Å². The van der Waals surface area contributed by atoms with E-state index < -0.39 is 23.8 Å². The van der Waals surface area contributed by atoms with Crippen molar-refractivity contribution >= 4 is 29.4 Å². The fraction of sp³-hybridized carbons (Fsp3) is 0.531. The van der Waals surface area contributed by atoms with E-state index in [0.717, 1.165) is 56.0 Å². The number of pyridine rings is 1. The van der Waals surface area contributed by atoms with Gasteiger partial charge < -0.3 is 9.64 Å². The van der Waals surface area contributed by atoms with Gasteiger partial charge in [0.15, 0.2) is 0 Å². The number of nitrogens with zero attached hydrogens (tertiary/aromatic N) is 4. The highest BCUT2D eigenvalue weighted by Crippen LogP contribution is 2.35. The Labute approximate surface area is 246 Å². The highest BCUT2D eigenvalue weighted by atomic mass is 16.5. The number of rotatable bonds is 8. The van der Waals surface area contributed by atoms with E-state index in [0.29, 0.717) is 23.8 Å². The van der Waals surface area contributed by atoms with Crippen LogP contribution in [0, 0.1) is 12.8 Å². The summed E-state index contributed by atoms with van der Waals surface area (Å²) in [6, 6.07) is 9.11. The number of ether oxygens (including phenoxy) is 1. The molecule has 10 heteroatoms. The Balaban J connectivity index is 1.02. The van der Waals surface area contributed by atoms with E-state index in [9.17, 15) is 19.2 Å². The molecule has 1 aromatic heterocycles. The van der Waals surface area contributed by atoms with Crippen LogP contribution in [-0.2, 0) is 9.59 Å². The molecule has 3 aliphatic heterocycles. The Bertz CT molecular complexity index is 1380. The molecule has 0 radical (unpaired) electrons. The Morgan fingerprint density at radius 1 is 1.00 bits per heavy atom. The number of fused-ring (bicyclic) bond motifs is 1. The molecular weight excluding hydrogens is 534 g/mol. The average Bonchev–Trinajstić information content (AvgIpc) is 3.19. The molecular formula is C32H39N5O5. The van der Waals surface area contributed by atoms with Crippen LogP contribution in [0.1, 0.15) is 78.7 Å². The van der Waals surface area contributed by atoms with Gasteiger partial charge in [-0.2, -0.15) is 0 Å². The van der Waals surface area contributed by atoms with E-state index in [1.54, 1.807) is 18.2 Å². The molecule has 3 fully saturated rings. The number of piperidine rings is 2. The third-order valence-corrected chi connectivity index (χ3v) is 9.22. The van der Waals surface area contributed by atoms with Crippen LogP contribution in [0.3, 0.4) is 0 Å². The molecule has 0 bridgehead atoms. The monoisotopic (exact) mass is 573 g/mol. The molecule has 1 atom stereocenters. The number of aryl methyl sites for hydroxylation is 1. The van der Waals surface area contributed by atoms with Crippen LogP contribution in [0.5, 0.6) is 5.75 Å². The van der Waals surface area contributed by atoms with Gasteiger partial charge >= 0.3 is 0 Å². The highest BCUT2D eigenvalue weighted by Gasteiger charge is 2.45. The Morgan fingerprint density at radius 2 is 1.74 bits per heavy atom. The van der Waals surface area contributed by atoms with Gasteiger partial charge in [-0.3, -0.25) is 34.3 Å². The van der Waals surface area contributed by atoms with Crippen molar-refractivity contribution in [1.82, 2.24) is 20.1 Å². The maximum Gasteiger partial charge on any atom is 0.262 e. The van der Waals surface area contributed by atoms with Crippen LogP contribution >= 0.6 is 0 Å². The van der Waals surface area contributed by atoms with Gasteiger partial charge in [0, 0.05) is 57.2 Å². The second-order valence-corrected chi connectivity index (χ2v) is 12.4. The molecule has 1 aliphatic carbocycles. The number of benzene rings is 1. The minimum absolute atomic E-state index is 0.0437.